The number of benzene rings is 2. The molecule has 1 unspecified atom stereocenters. The maximum atomic E-state index is 13.1. The van der Waals surface area contributed by atoms with E-state index in [1.54, 1.807) is 19.1 Å². The molecule has 1 atom stereocenters. The van der Waals surface area contributed by atoms with E-state index in [1.165, 1.54) is 6.07 Å². The van der Waals surface area contributed by atoms with E-state index in [4.69, 9.17) is 32.7 Å². The van der Waals surface area contributed by atoms with Crippen molar-refractivity contribution in [3.63, 3.8) is 0 Å². The van der Waals surface area contributed by atoms with Gasteiger partial charge in [-0.3, -0.25) is 9.59 Å². The number of aromatic amines is 1. The Labute approximate surface area is 268 Å². The molecular formula is C29H25Cl2F5N6O4. The number of nitrogens with one attached hydrogen (secondary N) is 4. The van der Waals surface area contributed by atoms with Crippen LogP contribution in [0.15, 0.2) is 42.5 Å². The molecule has 1 fully saturated rings. The van der Waals surface area contributed by atoms with Crippen molar-refractivity contribution >= 4 is 63.5 Å². The van der Waals surface area contributed by atoms with Gasteiger partial charge >= 0.3 is 6.18 Å². The van der Waals surface area contributed by atoms with Gasteiger partial charge in [0.25, 0.3) is 18.2 Å². The fraction of sp³-hybridized carbons (Fsp3) is 0.310. The quantitative estimate of drug-likeness (QED) is 0.131. The van der Waals surface area contributed by atoms with Crippen LogP contribution >= 0.6 is 23.2 Å². The highest BCUT2D eigenvalue weighted by molar-refractivity contribution is 6.39. The Hall–Kier alpha value is -4.21. The first kappa shape index (κ1) is 33.2. The number of halogens is 7. The van der Waals surface area contributed by atoms with Crippen LogP contribution in [0.2, 0.25) is 10.0 Å². The first-order valence-electron chi connectivity index (χ1n) is 13.7. The third kappa shape index (κ3) is 7.43. The summed E-state index contributed by atoms with van der Waals surface area (Å²) < 4.78 is 75.3. The van der Waals surface area contributed by atoms with Crippen LogP contribution in [0.5, 0.6) is 5.88 Å². The fourth-order valence-electron chi connectivity index (χ4n) is 4.63. The van der Waals surface area contributed by atoms with Crippen molar-refractivity contribution in [2.75, 3.05) is 23.8 Å². The molecule has 2 amide bonds. The molecule has 0 radical (unpaired) electrons. The van der Waals surface area contributed by atoms with E-state index in [0.29, 0.717) is 18.6 Å². The SMILES string of the molecule is CC1(C(=O)NCc2ccc(Cl)c(Nc3nc4nc(OCC(F)F)c(C(=O)Nc5ccc(C(F)(F)F)cc5)cc4[nH]3)c2Cl)CCCO1. The lowest BCUT2D eigenvalue weighted by atomic mass is 10.0. The van der Waals surface area contributed by atoms with E-state index in [2.05, 4.69) is 30.9 Å². The molecule has 0 saturated carbocycles. The lowest BCUT2D eigenvalue weighted by molar-refractivity contribution is -0.139. The molecule has 4 N–H and O–H groups in total. The number of hydrogen-bond acceptors (Lipinski definition) is 7. The molecule has 5 rings (SSSR count). The average Bonchev–Trinajstić information content (AvgIpc) is 3.63. The van der Waals surface area contributed by atoms with E-state index >= 15 is 0 Å². The second kappa shape index (κ2) is 13.3. The molecule has 244 valence electrons. The highest BCUT2D eigenvalue weighted by atomic mass is 35.5. The van der Waals surface area contributed by atoms with E-state index in [0.717, 1.165) is 30.7 Å². The number of nitrogens with zero attached hydrogens (tertiary/aromatic N) is 2. The molecule has 0 spiro atoms. The van der Waals surface area contributed by atoms with Crippen LogP contribution in [0.4, 0.5) is 39.3 Å². The number of ether oxygens (including phenoxy) is 2. The molecule has 0 bridgehead atoms. The number of carbonyl (C=O) groups excluding carboxylic acids is 2. The van der Waals surface area contributed by atoms with Crippen molar-refractivity contribution in [1.29, 1.82) is 0 Å². The Morgan fingerprint density at radius 1 is 1.13 bits per heavy atom. The number of alkyl halides is 5. The summed E-state index contributed by atoms with van der Waals surface area (Å²) in [6.45, 7) is 1.20. The minimum absolute atomic E-state index is 0.00935. The molecule has 1 aliphatic heterocycles. The predicted octanol–water partition coefficient (Wildman–Crippen LogP) is 7.11. The first-order chi connectivity index (χ1) is 21.7. The topological polar surface area (TPSA) is 130 Å². The number of amides is 2. The minimum Gasteiger partial charge on any atom is -0.471 e. The number of anilines is 3. The van der Waals surface area contributed by atoms with Gasteiger partial charge in [0.2, 0.25) is 11.8 Å². The predicted molar refractivity (Wildman–Crippen MR) is 160 cm³/mol. The highest BCUT2D eigenvalue weighted by Gasteiger charge is 2.37. The smallest absolute Gasteiger partial charge is 0.416 e. The largest absolute Gasteiger partial charge is 0.471 e. The van der Waals surface area contributed by atoms with Crippen molar-refractivity contribution in [3.05, 3.63) is 69.2 Å². The monoisotopic (exact) mass is 686 g/mol. The van der Waals surface area contributed by atoms with Gasteiger partial charge in [0.05, 0.1) is 26.8 Å². The minimum atomic E-state index is -4.57. The summed E-state index contributed by atoms with van der Waals surface area (Å²) in [6.07, 6.45) is -6.10. The summed E-state index contributed by atoms with van der Waals surface area (Å²) in [5.41, 5.74) is -1.23. The summed E-state index contributed by atoms with van der Waals surface area (Å²) in [7, 11) is 0. The van der Waals surface area contributed by atoms with Gasteiger partial charge < -0.3 is 30.4 Å². The standard InChI is InChI=1S/C29H25Cl2F5N6O4/c1-28(9-2-10-46-28)26(44)37-12-14-3-8-18(30)22(21(14)31)40-27-39-19-11-17(25(41-23(19)42-27)45-13-20(32)33)24(43)38-16-6-4-15(5-7-16)29(34,35)36/h3-8,11,20H,2,9-10,12-13H2,1H3,(H,37,44)(H,38,43)(H2,39,40,41,42). The van der Waals surface area contributed by atoms with Crippen molar-refractivity contribution in [2.24, 2.45) is 0 Å². The lowest BCUT2D eigenvalue weighted by Gasteiger charge is -2.22. The van der Waals surface area contributed by atoms with Crippen molar-refractivity contribution in [3.8, 4) is 5.88 Å². The zero-order chi connectivity index (χ0) is 33.2. The third-order valence-corrected chi connectivity index (χ3v) is 7.80. The van der Waals surface area contributed by atoms with Gasteiger partial charge in [-0.2, -0.15) is 23.1 Å². The number of rotatable bonds is 10. The normalized spacial score (nSPS) is 16.5. The third-order valence-electron chi connectivity index (χ3n) is 7.05. The average molecular weight is 687 g/mol. The van der Waals surface area contributed by atoms with Gasteiger partial charge in [0.1, 0.15) is 11.2 Å². The van der Waals surface area contributed by atoms with Crippen LogP contribution in [-0.2, 0) is 22.3 Å². The summed E-state index contributed by atoms with van der Waals surface area (Å²) >= 11 is 13.0. The van der Waals surface area contributed by atoms with Crippen LogP contribution in [0.25, 0.3) is 11.2 Å². The molecule has 3 heterocycles. The van der Waals surface area contributed by atoms with Crippen LogP contribution in [0, 0.1) is 0 Å². The zero-order valence-electron chi connectivity index (χ0n) is 23.8. The van der Waals surface area contributed by atoms with Gasteiger partial charge in [-0.05, 0) is 61.7 Å². The van der Waals surface area contributed by atoms with E-state index in [-0.39, 0.29) is 56.5 Å². The highest BCUT2D eigenvalue weighted by Crippen LogP contribution is 2.36. The number of H-pyrrole nitrogens is 1. The second-order valence-corrected chi connectivity index (χ2v) is 11.2. The number of hydrogen-bond donors (Lipinski definition) is 4. The molecular weight excluding hydrogens is 662 g/mol. The van der Waals surface area contributed by atoms with Crippen LogP contribution in [0.3, 0.4) is 0 Å². The summed E-state index contributed by atoms with van der Waals surface area (Å²) in [5.74, 6) is -1.60. The molecule has 2 aromatic heterocycles. The van der Waals surface area contributed by atoms with Gasteiger partial charge in [-0.25, -0.2) is 8.78 Å². The second-order valence-electron chi connectivity index (χ2n) is 10.4. The van der Waals surface area contributed by atoms with E-state index < -0.39 is 42.2 Å². The maximum absolute atomic E-state index is 13.1. The van der Waals surface area contributed by atoms with Crippen LogP contribution < -0.4 is 20.7 Å². The summed E-state index contributed by atoms with van der Waals surface area (Å²) in [4.78, 5) is 37.0. The van der Waals surface area contributed by atoms with Crippen LogP contribution in [-0.4, -0.2) is 52.0 Å². The van der Waals surface area contributed by atoms with Crippen molar-refractivity contribution < 1.29 is 41.0 Å². The van der Waals surface area contributed by atoms with Crippen molar-refractivity contribution in [2.45, 2.75) is 44.5 Å². The molecule has 1 saturated heterocycles. The van der Waals surface area contributed by atoms with Gasteiger partial charge in [0, 0.05) is 18.8 Å². The van der Waals surface area contributed by atoms with E-state index in [1.807, 2.05) is 0 Å². The first-order valence-corrected chi connectivity index (χ1v) is 14.5. The molecule has 1 aliphatic rings. The fourth-order valence-corrected chi connectivity index (χ4v) is 5.16. The van der Waals surface area contributed by atoms with Gasteiger partial charge in [-0.15, -0.1) is 0 Å². The molecule has 4 aromatic rings. The molecule has 10 nitrogen and oxygen atoms in total. The Bertz CT molecular complexity index is 1760. The van der Waals surface area contributed by atoms with Gasteiger partial charge in [-0.1, -0.05) is 29.3 Å². The summed E-state index contributed by atoms with van der Waals surface area (Å²) in [5, 5.41) is 8.53. The zero-order valence-corrected chi connectivity index (χ0v) is 25.3. The number of pyridine rings is 1. The number of fused-ring (bicyclic) bond motifs is 1. The number of imidazole rings is 1. The molecule has 46 heavy (non-hydrogen) atoms. The van der Waals surface area contributed by atoms with E-state index in [9.17, 15) is 31.5 Å². The summed E-state index contributed by atoms with van der Waals surface area (Å²) in [6, 6.07) is 8.08. The Balaban J connectivity index is 1.38. The molecule has 0 aliphatic carbocycles. The van der Waals surface area contributed by atoms with Crippen LogP contribution in [0.1, 0.15) is 41.3 Å². The Kier molecular flexibility index (Phi) is 9.56. The molecule has 17 heteroatoms. The maximum Gasteiger partial charge on any atom is 0.416 e. The molecule has 2 aromatic carbocycles. The number of aromatic nitrogens is 3. The Morgan fingerprint density at radius 2 is 1.87 bits per heavy atom. The van der Waals surface area contributed by atoms with Gasteiger partial charge in [0.15, 0.2) is 12.3 Å². The Morgan fingerprint density at radius 3 is 2.52 bits per heavy atom. The van der Waals surface area contributed by atoms with Crippen molar-refractivity contribution in [1.82, 2.24) is 20.3 Å². The lowest BCUT2D eigenvalue weighted by Crippen LogP contribution is -2.43. The number of carbonyl (C=O) groups is 2.